The van der Waals surface area contributed by atoms with E-state index in [2.05, 4.69) is 32.5 Å². The molecule has 7 nitrogen and oxygen atoms in total. The predicted molar refractivity (Wildman–Crippen MR) is 94.7 cm³/mol. The Balaban J connectivity index is 1.72. The van der Waals surface area contributed by atoms with Gasteiger partial charge >= 0.3 is 5.69 Å². The Morgan fingerprint density at radius 3 is 2.83 bits per heavy atom. The van der Waals surface area contributed by atoms with Crippen LogP contribution in [0.4, 0.5) is 17.2 Å². The van der Waals surface area contributed by atoms with Crippen molar-refractivity contribution in [1.29, 1.82) is 0 Å². The molecular weight excluding hydrogens is 306 g/mol. The minimum absolute atomic E-state index is 0.101. The molecule has 0 spiro atoms. The molecule has 2 aromatic rings. The lowest BCUT2D eigenvalue weighted by Crippen LogP contribution is -2.17. The number of nitro groups is 1. The number of nitrogens with one attached hydrogen (secondary N) is 1. The quantitative estimate of drug-likeness (QED) is 0.518. The van der Waals surface area contributed by atoms with Crippen LogP contribution in [0.25, 0.3) is 0 Å². The van der Waals surface area contributed by atoms with Crippen LogP contribution in [0.5, 0.6) is 0 Å². The standard InChI is InChI=1S/C17H19N5O2/c1-13-11-15(21-9-2-3-10-21)7-6-14(13)12-19-20-17-16(22(23)24)5-4-8-18-17/h4-8,11-12H,2-3,9-10H2,1H3,(H,18,20)/b19-12+. The zero-order valence-corrected chi connectivity index (χ0v) is 13.5. The summed E-state index contributed by atoms with van der Waals surface area (Å²) >= 11 is 0. The normalized spacial score (nSPS) is 14.3. The van der Waals surface area contributed by atoms with Crippen LogP contribution in [0, 0.1) is 17.0 Å². The Kier molecular flexibility index (Phi) is 4.69. The van der Waals surface area contributed by atoms with Crippen LogP contribution in [0.1, 0.15) is 24.0 Å². The smallest absolute Gasteiger partial charge is 0.313 e. The molecule has 124 valence electrons. The molecule has 1 aliphatic heterocycles. The largest absolute Gasteiger partial charge is 0.372 e. The lowest BCUT2D eigenvalue weighted by atomic mass is 10.1. The first-order valence-electron chi connectivity index (χ1n) is 7.89. The lowest BCUT2D eigenvalue weighted by molar-refractivity contribution is -0.384. The highest BCUT2D eigenvalue weighted by Gasteiger charge is 2.14. The van der Waals surface area contributed by atoms with Gasteiger partial charge in [-0.1, -0.05) is 6.07 Å². The van der Waals surface area contributed by atoms with Gasteiger partial charge in [0.25, 0.3) is 0 Å². The van der Waals surface area contributed by atoms with E-state index in [1.165, 1.54) is 36.9 Å². The number of pyridine rings is 1. The first kappa shape index (κ1) is 15.9. The third kappa shape index (κ3) is 3.51. The molecule has 2 heterocycles. The summed E-state index contributed by atoms with van der Waals surface area (Å²) in [5.74, 6) is 0.130. The number of hydrazone groups is 1. The van der Waals surface area contributed by atoms with Crippen LogP contribution in [-0.4, -0.2) is 29.2 Å². The van der Waals surface area contributed by atoms with Gasteiger partial charge in [0.2, 0.25) is 5.82 Å². The minimum Gasteiger partial charge on any atom is -0.372 e. The average molecular weight is 325 g/mol. The first-order chi connectivity index (χ1) is 11.6. The molecule has 1 N–H and O–H groups in total. The van der Waals surface area contributed by atoms with Crippen molar-refractivity contribution in [2.24, 2.45) is 5.10 Å². The Labute approximate surface area is 140 Å². The Morgan fingerprint density at radius 2 is 2.12 bits per heavy atom. The Hall–Kier alpha value is -2.96. The summed E-state index contributed by atoms with van der Waals surface area (Å²) in [5.41, 5.74) is 5.85. The summed E-state index contributed by atoms with van der Waals surface area (Å²) in [5, 5.41) is 15.0. The molecule has 0 amide bonds. The topological polar surface area (TPSA) is 83.7 Å². The fourth-order valence-electron chi connectivity index (χ4n) is 2.77. The molecule has 0 bridgehead atoms. The molecule has 1 aromatic carbocycles. The van der Waals surface area contributed by atoms with E-state index in [0.717, 1.165) is 24.2 Å². The van der Waals surface area contributed by atoms with Crippen LogP contribution in [0.3, 0.4) is 0 Å². The van der Waals surface area contributed by atoms with Crippen molar-refractivity contribution >= 4 is 23.4 Å². The maximum absolute atomic E-state index is 10.9. The van der Waals surface area contributed by atoms with Gasteiger partial charge in [-0.2, -0.15) is 5.10 Å². The summed E-state index contributed by atoms with van der Waals surface area (Å²) < 4.78 is 0. The van der Waals surface area contributed by atoms with Crippen LogP contribution in [0.15, 0.2) is 41.6 Å². The highest BCUT2D eigenvalue weighted by Crippen LogP contribution is 2.23. The fraction of sp³-hybridized carbons (Fsp3) is 0.294. The van der Waals surface area contributed by atoms with Crippen molar-refractivity contribution in [3.63, 3.8) is 0 Å². The summed E-state index contributed by atoms with van der Waals surface area (Å²) in [7, 11) is 0. The van der Waals surface area contributed by atoms with Crippen LogP contribution < -0.4 is 10.3 Å². The molecule has 1 fully saturated rings. The van der Waals surface area contributed by atoms with Crippen molar-refractivity contribution in [3.8, 4) is 0 Å². The zero-order valence-electron chi connectivity index (χ0n) is 13.5. The van der Waals surface area contributed by atoms with Gasteiger partial charge in [0.1, 0.15) is 0 Å². The highest BCUT2D eigenvalue weighted by atomic mass is 16.6. The van der Waals surface area contributed by atoms with Gasteiger partial charge in [0, 0.05) is 31.0 Å². The van der Waals surface area contributed by atoms with Crippen molar-refractivity contribution in [1.82, 2.24) is 4.98 Å². The molecule has 0 unspecified atom stereocenters. The lowest BCUT2D eigenvalue weighted by Gasteiger charge is -2.18. The number of nitrogens with zero attached hydrogens (tertiary/aromatic N) is 4. The average Bonchev–Trinajstić information content (AvgIpc) is 3.11. The number of anilines is 2. The van der Waals surface area contributed by atoms with E-state index in [0.29, 0.717) is 0 Å². The number of rotatable bonds is 5. The number of hydrogen-bond acceptors (Lipinski definition) is 6. The third-order valence-electron chi connectivity index (χ3n) is 4.08. The molecule has 1 aromatic heterocycles. The second-order valence-corrected chi connectivity index (χ2v) is 5.73. The maximum Gasteiger partial charge on any atom is 0.313 e. The van der Waals surface area contributed by atoms with Crippen molar-refractivity contribution in [2.75, 3.05) is 23.4 Å². The minimum atomic E-state index is -0.485. The predicted octanol–water partition coefficient (Wildman–Crippen LogP) is 3.34. The number of aryl methyl sites for hydroxylation is 1. The molecule has 1 saturated heterocycles. The summed E-state index contributed by atoms with van der Waals surface area (Å²) in [6.45, 7) is 4.25. The molecule has 1 aliphatic rings. The van der Waals surface area contributed by atoms with E-state index in [4.69, 9.17) is 0 Å². The monoisotopic (exact) mass is 325 g/mol. The summed E-state index contributed by atoms with van der Waals surface area (Å²) in [4.78, 5) is 16.8. The number of hydrogen-bond donors (Lipinski definition) is 1. The van der Waals surface area contributed by atoms with Crippen LogP contribution in [-0.2, 0) is 0 Å². The molecule has 24 heavy (non-hydrogen) atoms. The summed E-state index contributed by atoms with van der Waals surface area (Å²) in [6, 6.07) is 9.16. The van der Waals surface area contributed by atoms with Crippen molar-refractivity contribution < 1.29 is 4.92 Å². The Morgan fingerprint density at radius 1 is 1.33 bits per heavy atom. The molecular formula is C17H19N5O2. The second kappa shape index (κ2) is 7.08. The van der Waals surface area contributed by atoms with Gasteiger partial charge < -0.3 is 4.90 Å². The third-order valence-corrected chi connectivity index (χ3v) is 4.08. The number of aromatic nitrogens is 1. The first-order valence-corrected chi connectivity index (χ1v) is 7.89. The molecule has 0 atom stereocenters. The second-order valence-electron chi connectivity index (χ2n) is 5.73. The SMILES string of the molecule is Cc1cc(N2CCCC2)ccc1/C=N/Nc1ncccc1[N+](=O)[O-]. The van der Waals surface area contributed by atoms with Crippen molar-refractivity contribution in [2.45, 2.75) is 19.8 Å². The zero-order chi connectivity index (χ0) is 16.9. The van der Waals surface area contributed by atoms with Crippen LogP contribution in [0.2, 0.25) is 0 Å². The van der Waals surface area contributed by atoms with Gasteiger partial charge in [-0.15, -0.1) is 0 Å². The van der Waals surface area contributed by atoms with E-state index in [-0.39, 0.29) is 11.5 Å². The van der Waals surface area contributed by atoms with Gasteiger partial charge in [-0.05, 0) is 49.1 Å². The molecule has 3 rings (SSSR count). The van der Waals surface area contributed by atoms with Gasteiger partial charge in [-0.3, -0.25) is 15.5 Å². The van der Waals surface area contributed by atoms with Crippen LogP contribution >= 0.6 is 0 Å². The van der Waals surface area contributed by atoms with Gasteiger partial charge in [0.15, 0.2) is 0 Å². The van der Waals surface area contributed by atoms with Gasteiger partial charge in [-0.25, -0.2) is 4.98 Å². The molecule has 0 aliphatic carbocycles. The molecule has 7 heteroatoms. The van der Waals surface area contributed by atoms with E-state index in [9.17, 15) is 10.1 Å². The maximum atomic E-state index is 10.9. The highest BCUT2D eigenvalue weighted by molar-refractivity contribution is 5.83. The Bertz CT molecular complexity index is 769. The van der Waals surface area contributed by atoms with E-state index < -0.39 is 4.92 Å². The fourth-order valence-corrected chi connectivity index (χ4v) is 2.77. The van der Waals surface area contributed by atoms with Crippen molar-refractivity contribution in [3.05, 3.63) is 57.8 Å². The van der Waals surface area contributed by atoms with E-state index >= 15 is 0 Å². The molecule has 0 radical (unpaired) electrons. The summed E-state index contributed by atoms with van der Waals surface area (Å²) in [6.07, 6.45) is 5.63. The van der Waals surface area contributed by atoms with E-state index in [1.54, 1.807) is 6.21 Å². The molecule has 0 saturated carbocycles. The number of benzene rings is 1. The van der Waals surface area contributed by atoms with E-state index in [1.807, 2.05) is 13.0 Å². The van der Waals surface area contributed by atoms with Gasteiger partial charge in [0.05, 0.1) is 11.1 Å².